The van der Waals surface area contributed by atoms with Gasteiger partial charge in [-0.1, -0.05) is 27.5 Å². The first-order valence-corrected chi connectivity index (χ1v) is 10.3. The highest BCUT2D eigenvalue weighted by molar-refractivity contribution is 9.10. The van der Waals surface area contributed by atoms with Gasteiger partial charge in [0.15, 0.2) is 0 Å². The van der Waals surface area contributed by atoms with Crippen molar-refractivity contribution in [2.75, 3.05) is 23.3 Å². The zero-order chi connectivity index (χ0) is 21.3. The molecule has 4 nitrogen and oxygen atoms in total. The van der Waals surface area contributed by atoms with Crippen molar-refractivity contribution in [3.8, 4) is 0 Å². The number of carbonyl (C=O) groups excluding carboxylic acids is 1. The zero-order valence-corrected chi connectivity index (χ0v) is 18.2. The fourth-order valence-electron chi connectivity index (χ4n) is 3.50. The lowest BCUT2D eigenvalue weighted by atomic mass is 9.95. The SMILES string of the molecule is Cc1cc(Br)cc(C)c1NC(=O)C1CCN(c2ncc(C(F)(F)F)cc2Cl)CC1. The molecule has 1 aliphatic rings. The number of hydrogen-bond donors (Lipinski definition) is 1. The quantitative estimate of drug-likeness (QED) is 0.575. The van der Waals surface area contributed by atoms with E-state index in [0.717, 1.165) is 33.6 Å². The Hall–Kier alpha value is -1.80. The van der Waals surface area contributed by atoms with Crippen LogP contribution >= 0.6 is 27.5 Å². The van der Waals surface area contributed by atoms with Gasteiger partial charge in [0.1, 0.15) is 5.82 Å². The van der Waals surface area contributed by atoms with Crippen molar-refractivity contribution < 1.29 is 18.0 Å². The smallest absolute Gasteiger partial charge is 0.355 e. The fourth-order valence-corrected chi connectivity index (χ4v) is 4.48. The predicted molar refractivity (Wildman–Crippen MR) is 111 cm³/mol. The third kappa shape index (κ3) is 5.04. The molecule has 1 aliphatic heterocycles. The normalized spacial score (nSPS) is 15.5. The van der Waals surface area contributed by atoms with Crippen molar-refractivity contribution in [2.45, 2.75) is 32.9 Å². The second kappa shape index (κ2) is 8.52. The van der Waals surface area contributed by atoms with E-state index in [4.69, 9.17) is 11.6 Å². The first-order chi connectivity index (χ1) is 13.6. The zero-order valence-electron chi connectivity index (χ0n) is 15.9. The molecule has 2 aromatic rings. The molecule has 1 N–H and O–H groups in total. The molecule has 3 rings (SSSR count). The summed E-state index contributed by atoms with van der Waals surface area (Å²) in [6.45, 7) is 4.87. The first kappa shape index (κ1) is 21.9. The molecule has 29 heavy (non-hydrogen) atoms. The van der Waals surface area contributed by atoms with Crippen molar-refractivity contribution in [3.05, 3.63) is 50.6 Å². The molecule has 1 saturated heterocycles. The highest BCUT2D eigenvalue weighted by Gasteiger charge is 2.33. The Morgan fingerprint density at radius 2 is 1.79 bits per heavy atom. The van der Waals surface area contributed by atoms with Crippen LogP contribution in [-0.4, -0.2) is 24.0 Å². The van der Waals surface area contributed by atoms with E-state index in [9.17, 15) is 18.0 Å². The molecule has 0 aliphatic carbocycles. The van der Waals surface area contributed by atoms with Crippen LogP contribution in [0.1, 0.15) is 29.5 Å². The maximum atomic E-state index is 12.8. The molecule has 0 spiro atoms. The van der Waals surface area contributed by atoms with Gasteiger partial charge in [-0.05, 0) is 56.0 Å². The number of alkyl halides is 3. The lowest BCUT2D eigenvalue weighted by Gasteiger charge is -2.33. The lowest BCUT2D eigenvalue weighted by molar-refractivity contribution is -0.137. The molecular weight excluding hydrogens is 471 g/mol. The molecule has 0 saturated carbocycles. The number of aryl methyl sites for hydroxylation is 2. The summed E-state index contributed by atoms with van der Waals surface area (Å²) in [6, 6.07) is 4.79. The Bertz CT molecular complexity index is 905. The van der Waals surface area contributed by atoms with E-state index in [1.165, 1.54) is 0 Å². The van der Waals surface area contributed by atoms with Gasteiger partial charge in [0.2, 0.25) is 5.91 Å². The summed E-state index contributed by atoms with van der Waals surface area (Å²) in [5, 5.41) is 2.98. The molecule has 1 amide bonds. The molecule has 0 unspecified atom stereocenters. The lowest BCUT2D eigenvalue weighted by Crippen LogP contribution is -2.39. The second-order valence-electron chi connectivity index (χ2n) is 7.19. The maximum Gasteiger partial charge on any atom is 0.417 e. The molecule has 0 radical (unpaired) electrons. The number of benzene rings is 1. The highest BCUT2D eigenvalue weighted by atomic mass is 79.9. The fraction of sp³-hybridized carbons (Fsp3) is 0.400. The Kier molecular flexibility index (Phi) is 6.43. The summed E-state index contributed by atoms with van der Waals surface area (Å²) in [5.41, 5.74) is 1.89. The second-order valence-corrected chi connectivity index (χ2v) is 8.52. The number of aromatic nitrogens is 1. The first-order valence-electron chi connectivity index (χ1n) is 9.11. The monoisotopic (exact) mass is 489 g/mol. The van der Waals surface area contributed by atoms with Gasteiger partial charge >= 0.3 is 6.18 Å². The minimum atomic E-state index is -4.48. The molecule has 2 heterocycles. The summed E-state index contributed by atoms with van der Waals surface area (Å²) < 4.78 is 39.3. The van der Waals surface area contributed by atoms with Crippen molar-refractivity contribution in [2.24, 2.45) is 5.92 Å². The number of carbonyl (C=O) groups is 1. The van der Waals surface area contributed by atoms with Crippen LogP contribution in [0, 0.1) is 19.8 Å². The van der Waals surface area contributed by atoms with E-state index < -0.39 is 11.7 Å². The van der Waals surface area contributed by atoms with E-state index in [-0.39, 0.29) is 16.8 Å². The number of anilines is 2. The van der Waals surface area contributed by atoms with Crippen molar-refractivity contribution in [1.82, 2.24) is 4.98 Å². The number of halogens is 5. The van der Waals surface area contributed by atoms with E-state index in [1.807, 2.05) is 30.9 Å². The average Bonchev–Trinajstić information content (AvgIpc) is 2.64. The summed E-state index contributed by atoms with van der Waals surface area (Å²) in [4.78, 5) is 18.4. The maximum absolute atomic E-state index is 12.8. The molecule has 0 atom stereocenters. The van der Waals surface area contributed by atoms with Crippen LogP contribution < -0.4 is 10.2 Å². The van der Waals surface area contributed by atoms with Crippen molar-refractivity contribution in [1.29, 1.82) is 0 Å². The summed E-state index contributed by atoms with van der Waals surface area (Å²) in [5.74, 6) is 0.0877. The molecule has 1 aromatic carbocycles. The minimum Gasteiger partial charge on any atom is -0.355 e. The van der Waals surface area contributed by atoms with Crippen LogP contribution in [0.3, 0.4) is 0 Å². The van der Waals surface area contributed by atoms with E-state index >= 15 is 0 Å². The van der Waals surface area contributed by atoms with Crippen LogP contribution in [-0.2, 0) is 11.0 Å². The van der Waals surface area contributed by atoms with E-state index in [1.54, 1.807) is 0 Å². The summed E-state index contributed by atoms with van der Waals surface area (Å²) >= 11 is 9.48. The van der Waals surface area contributed by atoms with Crippen LogP contribution in [0.5, 0.6) is 0 Å². The number of pyridine rings is 1. The van der Waals surface area contributed by atoms with Crippen molar-refractivity contribution >= 4 is 44.9 Å². The van der Waals surface area contributed by atoms with Gasteiger partial charge in [-0.3, -0.25) is 4.79 Å². The molecule has 9 heteroatoms. The molecule has 1 fully saturated rings. The number of hydrogen-bond acceptors (Lipinski definition) is 3. The summed E-state index contributed by atoms with van der Waals surface area (Å²) in [7, 11) is 0. The molecule has 156 valence electrons. The minimum absolute atomic E-state index is 0.0381. The van der Waals surface area contributed by atoms with Gasteiger partial charge in [-0.2, -0.15) is 13.2 Å². The number of nitrogens with zero attached hydrogens (tertiary/aromatic N) is 2. The third-order valence-electron chi connectivity index (χ3n) is 5.06. The Labute approximate surface area is 180 Å². The molecular formula is C20H20BrClF3N3O. The van der Waals surface area contributed by atoms with Crippen LogP contribution in [0.4, 0.5) is 24.7 Å². The number of nitrogens with one attached hydrogen (secondary N) is 1. The Morgan fingerprint density at radius 3 is 2.31 bits per heavy atom. The molecule has 1 aromatic heterocycles. The van der Waals surface area contributed by atoms with Gasteiger partial charge in [0.25, 0.3) is 0 Å². The summed E-state index contributed by atoms with van der Waals surface area (Å²) in [6.07, 6.45) is -2.55. The van der Waals surface area contributed by atoms with Crippen LogP contribution in [0.2, 0.25) is 5.02 Å². The standard InChI is InChI=1S/C20H20BrClF3N3O/c1-11-7-15(21)8-12(2)17(11)27-19(29)13-3-5-28(6-4-13)18-16(22)9-14(10-26-18)20(23,24)25/h7-10,13H,3-6H2,1-2H3,(H,27,29). The Morgan fingerprint density at radius 1 is 1.21 bits per heavy atom. The number of amides is 1. The van der Waals surface area contributed by atoms with Gasteiger partial charge in [-0.15, -0.1) is 0 Å². The topological polar surface area (TPSA) is 45.2 Å². The Balaban J connectivity index is 1.64. The average molecular weight is 491 g/mol. The van der Waals surface area contributed by atoms with Gasteiger partial charge in [0.05, 0.1) is 10.6 Å². The van der Waals surface area contributed by atoms with E-state index in [0.29, 0.717) is 31.7 Å². The van der Waals surface area contributed by atoms with Gasteiger partial charge in [-0.25, -0.2) is 4.98 Å². The third-order valence-corrected chi connectivity index (χ3v) is 5.80. The van der Waals surface area contributed by atoms with E-state index in [2.05, 4.69) is 26.2 Å². The molecule has 0 bridgehead atoms. The van der Waals surface area contributed by atoms with Crippen LogP contribution in [0.15, 0.2) is 28.9 Å². The van der Waals surface area contributed by atoms with Crippen LogP contribution in [0.25, 0.3) is 0 Å². The highest BCUT2D eigenvalue weighted by Crippen LogP contribution is 2.35. The number of piperidine rings is 1. The number of rotatable bonds is 3. The van der Waals surface area contributed by atoms with Crippen molar-refractivity contribution in [3.63, 3.8) is 0 Å². The predicted octanol–water partition coefficient (Wildman–Crippen LogP) is 5.99. The van der Waals surface area contributed by atoms with Gasteiger partial charge in [0, 0.05) is 35.4 Å². The van der Waals surface area contributed by atoms with Gasteiger partial charge < -0.3 is 10.2 Å². The largest absolute Gasteiger partial charge is 0.417 e.